The van der Waals surface area contributed by atoms with Crippen LogP contribution in [-0.4, -0.2) is 74.7 Å². The molecule has 0 aromatic rings. The first-order valence-electron chi connectivity index (χ1n) is 9.00. The van der Waals surface area contributed by atoms with Gasteiger partial charge in [-0.3, -0.25) is 9.79 Å². The maximum Gasteiger partial charge on any atom is 0.309 e. The van der Waals surface area contributed by atoms with E-state index in [1.807, 2.05) is 14.0 Å². The number of nitrogens with zero attached hydrogens (tertiary/aromatic N) is 3. The van der Waals surface area contributed by atoms with E-state index >= 15 is 0 Å². The second kappa shape index (κ2) is 11.3. The summed E-state index contributed by atoms with van der Waals surface area (Å²) in [4.78, 5) is 20.9. The van der Waals surface area contributed by atoms with Gasteiger partial charge < -0.3 is 19.9 Å². The molecule has 0 saturated carbocycles. The molecule has 6 nitrogen and oxygen atoms in total. The van der Waals surface area contributed by atoms with Crippen LogP contribution in [0.5, 0.6) is 0 Å². The molecule has 134 valence electrons. The zero-order valence-corrected chi connectivity index (χ0v) is 15.3. The first kappa shape index (κ1) is 19.7. The van der Waals surface area contributed by atoms with Crippen LogP contribution in [0, 0.1) is 5.92 Å². The number of guanidine groups is 1. The summed E-state index contributed by atoms with van der Waals surface area (Å²) < 4.78 is 5.12. The summed E-state index contributed by atoms with van der Waals surface area (Å²) in [5.41, 5.74) is 0. The number of carbonyl (C=O) groups excluding carboxylic acids is 1. The number of esters is 1. The fraction of sp³-hybridized carbons (Fsp3) is 0.882. The van der Waals surface area contributed by atoms with Gasteiger partial charge in [0.05, 0.1) is 12.5 Å². The normalized spacial score (nSPS) is 16.7. The quantitative estimate of drug-likeness (QED) is 0.417. The third-order valence-electron chi connectivity index (χ3n) is 4.32. The predicted octanol–water partition coefficient (Wildman–Crippen LogP) is 1.57. The zero-order valence-electron chi connectivity index (χ0n) is 15.3. The maximum atomic E-state index is 11.8. The molecule has 0 atom stereocenters. The molecule has 6 heteroatoms. The summed E-state index contributed by atoms with van der Waals surface area (Å²) in [5.74, 6) is 0.942. The van der Waals surface area contributed by atoms with Crippen LogP contribution in [0.15, 0.2) is 4.99 Å². The minimum absolute atomic E-state index is 0.0458. The minimum atomic E-state index is -0.0479. The van der Waals surface area contributed by atoms with Crippen molar-refractivity contribution in [2.24, 2.45) is 10.9 Å². The number of hydrogen-bond acceptors (Lipinski definition) is 4. The Kier molecular flexibility index (Phi) is 9.67. The molecule has 0 aliphatic carbocycles. The van der Waals surface area contributed by atoms with Gasteiger partial charge in [0.2, 0.25) is 0 Å². The molecule has 1 rings (SSSR count). The molecule has 1 aliphatic heterocycles. The summed E-state index contributed by atoms with van der Waals surface area (Å²) in [6, 6.07) is 0. The molecular weight excluding hydrogens is 292 g/mol. The van der Waals surface area contributed by atoms with E-state index in [2.05, 4.69) is 34.0 Å². The Bertz CT molecular complexity index is 366. The number of likely N-dealkylation sites (tertiary alicyclic amines) is 1. The van der Waals surface area contributed by atoms with Crippen LogP contribution in [0.25, 0.3) is 0 Å². The summed E-state index contributed by atoms with van der Waals surface area (Å²) in [7, 11) is 1.82. The highest BCUT2D eigenvalue weighted by Gasteiger charge is 2.27. The van der Waals surface area contributed by atoms with E-state index < -0.39 is 0 Å². The van der Waals surface area contributed by atoms with E-state index in [1.54, 1.807) is 0 Å². The lowest BCUT2D eigenvalue weighted by molar-refractivity contribution is -0.149. The monoisotopic (exact) mass is 326 g/mol. The molecule has 0 bridgehead atoms. The number of likely N-dealkylation sites (N-methyl/N-ethyl adjacent to an activating group) is 1. The van der Waals surface area contributed by atoms with Crippen LogP contribution >= 0.6 is 0 Å². The maximum absolute atomic E-state index is 11.8. The highest BCUT2D eigenvalue weighted by atomic mass is 16.5. The fourth-order valence-corrected chi connectivity index (χ4v) is 2.99. The van der Waals surface area contributed by atoms with Crippen molar-refractivity contribution in [3.63, 3.8) is 0 Å². The molecule has 0 aromatic heterocycles. The van der Waals surface area contributed by atoms with Crippen molar-refractivity contribution in [1.29, 1.82) is 0 Å². The van der Waals surface area contributed by atoms with E-state index in [0.717, 1.165) is 58.1 Å². The molecule has 1 saturated heterocycles. The van der Waals surface area contributed by atoms with Crippen molar-refractivity contribution in [3.05, 3.63) is 0 Å². The van der Waals surface area contributed by atoms with Crippen molar-refractivity contribution < 1.29 is 9.53 Å². The van der Waals surface area contributed by atoms with Crippen molar-refractivity contribution in [2.45, 2.75) is 40.0 Å². The number of carbonyl (C=O) groups is 1. The van der Waals surface area contributed by atoms with E-state index in [9.17, 15) is 4.79 Å². The van der Waals surface area contributed by atoms with E-state index in [1.165, 1.54) is 6.42 Å². The van der Waals surface area contributed by atoms with E-state index in [4.69, 9.17) is 4.74 Å². The van der Waals surface area contributed by atoms with Crippen LogP contribution in [0.4, 0.5) is 0 Å². The Hall–Kier alpha value is -1.30. The van der Waals surface area contributed by atoms with E-state index in [0.29, 0.717) is 6.61 Å². The summed E-state index contributed by atoms with van der Waals surface area (Å²) >= 11 is 0. The first-order chi connectivity index (χ1) is 11.2. The second-order valence-corrected chi connectivity index (χ2v) is 5.92. The van der Waals surface area contributed by atoms with Crippen molar-refractivity contribution in [1.82, 2.24) is 15.1 Å². The first-order valence-corrected chi connectivity index (χ1v) is 9.00. The lowest BCUT2D eigenvalue weighted by Gasteiger charge is -2.33. The number of aliphatic imine (C=N–C) groups is 1. The Labute approximate surface area is 141 Å². The van der Waals surface area contributed by atoms with Gasteiger partial charge in [0.15, 0.2) is 5.96 Å². The zero-order chi connectivity index (χ0) is 17.1. The van der Waals surface area contributed by atoms with Gasteiger partial charge in [0.1, 0.15) is 0 Å². The van der Waals surface area contributed by atoms with Crippen LogP contribution in [0.3, 0.4) is 0 Å². The highest BCUT2D eigenvalue weighted by Crippen LogP contribution is 2.18. The topological polar surface area (TPSA) is 57.2 Å². The highest BCUT2D eigenvalue weighted by molar-refractivity contribution is 5.80. The van der Waals surface area contributed by atoms with Gasteiger partial charge in [-0.25, -0.2) is 0 Å². The third-order valence-corrected chi connectivity index (χ3v) is 4.32. The van der Waals surface area contributed by atoms with Crippen LogP contribution in [-0.2, 0) is 9.53 Å². The fourth-order valence-electron chi connectivity index (χ4n) is 2.99. The van der Waals surface area contributed by atoms with Gasteiger partial charge in [-0.05, 0) is 39.3 Å². The molecule has 1 heterocycles. The molecule has 0 radical (unpaired) electrons. The molecule has 1 N–H and O–H groups in total. The second-order valence-electron chi connectivity index (χ2n) is 5.92. The Morgan fingerprint density at radius 1 is 1.26 bits per heavy atom. The molecule has 0 unspecified atom stereocenters. The standard InChI is InChI=1S/C17H34N4O2/c1-5-11-20(6-2)14-10-19-17(18-4)21-12-8-15(9-13-21)16(22)23-7-3/h15H,5-14H2,1-4H3,(H,18,19). The third kappa shape index (κ3) is 6.77. The smallest absolute Gasteiger partial charge is 0.309 e. The van der Waals surface area contributed by atoms with Crippen LogP contribution < -0.4 is 5.32 Å². The number of hydrogen-bond donors (Lipinski definition) is 1. The molecule has 0 spiro atoms. The Balaban J connectivity index is 2.35. The molecule has 23 heavy (non-hydrogen) atoms. The Morgan fingerprint density at radius 3 is 2.48 bits per heavy atom. The number of ether oxygens (including phenoxy) is 1. The number of nitrogens with one attached hydrogen (secondary N) is 1. The van der Waals surface area contributed by atoms with E-state index in [-0.39, 0.29) is 11.9 Å². The number of piperidine rings is 1. The van der Waals surface area contributed by atoms with Gasteiger partial charge in [-0.1, -0.05) is 13.8 Å². The lowest BCUT2D eigenvalue weighted by Crippen LogP contribution is -2.48. The SMILES string of the molecule is CCCN(CC)CCNC(=NC)N1CCC(C(=O)OCC)CC1. The summed E-state index contributed by atoms with van der Waals surface area (Å²) in [5, 5.41) is 3.45. The van der Waals surface area contributed by atoms with Crippen molar-refractivity contribution >= 4 is 11.9 Å². The largest absolute Gasteiger partial charge is 0.466 e. The van der Waals surface area contributed by atoms with Gasteiger partial charge in [0, 0.05) is 33.2 Å². The molecular formula is C17H34N4O2. The van der Waals surface area contributed by atoms with Gasteiger partial charge >= 0.3 is 5.97 Å². The van der Waals surface area contributed by atoms with Crippen LogP contribution in [0.2, 0.25) is 0 Å². The summed E-state index contributed by atoms with van der Waals surface area (Å²) in [6.45, 7) is 12.6. The predicted molar refractivity (Wildman–Crippen MR) is 94.7 cm³/mol. The molecule has 0 aromatic carbocycles. The number of rotatable bonds is 8. The molecule has 0 amide bonds. The average Bonchev–Trinajstić information content (AvgIpc) is 2.58. The average molecular weight is 326 g/mol. The molecule has 1 fully saturated rings. The van der Waals surface area contributed by atoms with Crippen LogP contribution in [0.1, 0.15) is 40.0 Å². The molecule has 1 aliphatic rings. The van der Waals surface area contributed by atoms with Gasteiger partial charge in [-0.15, -0.1) is 0 Å². The lowest BCUT2D eigenvalue weighted by atomic mass is 9.97. The summed E-state index contributed by atoms with van der Waals surface area (Å²) in [6.07, 6.45) is 2.87. The van der Waals surface area contributed by atoms with Gasteiger partial charge in [-0.2, -0.15) is 0 Å². The minimum Gasteiger partial charge on any atom is -0.466 e. The Morgan fingerprint density at radius 2 is 1.96 bits per heavy atom. The van der Waals surface area contributed by atoms with Crippen molar-refractivity contribution in [3.8, 4) is 0 Å². The van der Waals surface area contributed by atoms with Gasteiger partial charge in [0.25, 0.3) is 0 Å². The van der Waals surface area contributed by atoms with Crippen molar-refractivity contribution in [2.75, 3.05) is 52.9 Å².